The average Bonchev–Trinajstić information content (AvgIpc) is 3.44. The van der Waals surface area contributed by atoms with Gasteiger partial charge in [0.1, 0.15) is 0 Å². The molecule has 0 aromatic heterocycles. The number of benzene rings is 8. The number of rotatable bonds is 5. The van der Waals surface area contributed by atoms with E-state index >= 15 is 0 Å². The van der Waals surface area contributed by atoms with Crippen molar-refractivity contribution in [2.45, 2.75) is 18.3 Å². The molecule has 2 aliphatic carbocycles. The molecule has 0 aliphatic heterocycles. The molecule has 0 atom stereocenters. The maximum atomic E-state index is 2.46. The van der Waals surface area contributed by atoms with Crippen LogP contribution in [0.5, 0.6) is 0 Å². The van der Waals surface area contributed by atoms with Crippen molar-refractivity contribution >= 4 is 17.1 Å². The van der Waals surface area contributed by atoms with Crippen LogP contribution in [0.1, 0.15) is 33.4 Å². The molecule has 0 saturated heterocycles. The van der Waals surface area contributed by atoms with Crippen LogP contribution in [0.25, 0.3) is 33.4 Å². The average molecular weight is 664 g/mol. The molecule has 8 aromatic carbocycles. The standard InChI is InChI=1S/C51H37N/c1-3-14-36(15-4-1)38-28-32-42(33-29-38)52(43-34-30-39(31-35-43)37-16-5-2-6-17-37)49-25-13-24-48-50(49)44-20-9-12-23-47(44)51(48)45-21-10-7-18-40(45)26-27-41-19-8-11-22-46(41)51/h1-25,28-35H,26-27H2. The monoisotopic (exact) mass is 663 g/mol. The summed E-state index contributed by atoms with van der Waals surface area (Å²) in [5.41, 5.74) is 18.8. The van der Waals surface area contributed by atoms with Crippen molar-refractivity contribution in [2.75, 3.05) is 4.90 Å². The molecule has 0 fully saturated rings. The minimum atomic E-state index is -0.425. The predicted octanol–water partition coefficient (Wildman–Crippen LogP) is 13.0. The summed E-state index contributed by atoms with van der Waals surface area (Å²) in [7, 11) is 0. The summed E-state index contributed by atoms with van der Waals surface area (Å²) in [5, 5.41) is 0. The first-order valence-electron chi connectivity index (χ1n) is 18.3. The fourth-order valence-corrected chi connectivity index (χ4v) is 8.99. The molecule has 0 radical (unpaired) electrons. The van der Waals surface area contributed by atoms with Crippen LogP contribution >= 0.6 is 0 Å². The van der Waals surface area contributed by atoms with Crippen LogP contribution in [-0.4, -0.2) is 0 Å². The predicted molar refractivity (Wildman–Crippen MR) is 217 cm³/mol. The summed E-state index contributed by atoms with van der Waals surface area (Å²) >= 11 is 0. The van der Waals surface area contributed by atoms with Gasteiger partial charge in [0, 0.05) is 16.9 Å². The van der Waals surface area contributed by atoms with Crippen molar-refractivity contribution in [3.05, 3.63) is 234 Å². The van der Waals surface area contributed by atoms with Gasteiger partial charge >= 0.3 is 0 Å². The van der Waals surface area contributed by atoms with E-state index in [1.165, 1.54) is 72.4 Å². The topological polar surface area (TPSA) is 3.24 Å². The van der Waals surface area contributed by atoms with Crippen LogP contribution in [0.4, 0.5) is 17.1 Å². The number of nitrogens with zero attached hydrogens (tertiary/aromatic N) is 1. The van der Waals surface area contributed by atoms with Crippen molar-refractivity contribution in [1.82, 2.24) is 0 Å². The molecule has 2 aliphatic rings. The van der Waals surface area contributed by atoms with E-state index < -0.39 is 5.41 Å². The molecule has 8 aromatic rings. The Morgan fingerprint density at radius 1 is 0.327 bits per heavy atom. The smallest absolute Gasteiger partial charge is 0.0719 e. The zero-order valence-corrected chi connectivity index (χ0v) is 28.9. The van der Waals surface area contributed by atoms with Crippen molar-refractivity contribution in [2.24, 2.45) is 0 Å². The summed E-state index contributed by atoms with van der Waals surface area (Å²) in [6.45, 7) is 0. The molecule has 0 unspecified atom stereocenters. The molecule has 52 heavy (non-hydrogen) atoms. The van der Waals surface area contributed by atoms with Crippen LogP contribution in [0, 0.1) is 0 Å². The molecule has 10 rings (SSSR count). The van der Waals surface area contributed by atoms with Gasteiger partial charge in [-0.3, -0.25) is 0 Å². The fraction of sp³-hybridized carbons (Fsp3) is 0.0588. The number of anilines is 3. The molecule has 0 bridgehead atoms. The van der Waals surface area contributed by atoms with Crippen LogP contribution < -0.4 is 4.90 Å². The van der Waals surface area contributed by atoms with Gasteiger partial charge in [0.05, 0.1) is 11.1 Å². The minimum absolute atomic E-state index is 0.425. The number of fused-ring (bicyclic) bond motifs is 9. The summed E-state index contributed by atoms with van der Waals surface area (Å²) in [6.07, 6.45) is 2.06. The number of aryl methyl sites for hydroxylation is 2. The fourth-order valence-electron chi connectivity index (χ4n) is 8.99. The van der Waals surface area contributed by atoms with Crippen molar-refractivity contribution in [3.63, 3.8) is 0 Å². The maximum absolute atomic E-state index is 2.46. The Labute approximate surface area is 306 Å². The molecular formula is C51H37N. The van der Waals surface area contributed by atoms with Gasteiger partial charge in [-0.05, 0) is 104 Å². The first kappa shape index (κ1) is 30.4. The summed E-state index contributed by atoms with van der Waals surface area (Å²) < 4.78 is 0. The zero-order valence-electron chi connectivity index (χ0n) is 28.9. The molecule has 0 saturated carbocycles. The van der Waals surface area contributed by atoms with Crippen LogP contribution in [0.15, 0.2) is 200 Å². The third kappa shape index (κ3) is 4.70. The molecule has 1 nitrogen and oxygen atoms in total. The van der Waals surface area contributed by atoms with Gasteiger partial charge < -0.3 is 4.90 Å². The van der Waals surface area contributed by atoms with Gasteiger partial charge in [0.15, 0.2) is 0 Å². The highest BCUT2D eigenvalue weighted by molar-refractivity contribution is 5.98. The lowest BCUT2D eigenvalue weighted by molar-refractivity contribution is 0.762. The lowest BCUT2D eigenvalue weighted by Gasteiger charge is -2.35. The highest BCUT2D eigenvalue weighted by atomic mass is 15.1. The van der Waals surface area contributed by atoms with Gasteiger partial charge in [-0.15, -0.1) is 0 Å². The SMILES string of the molecule is c1ccc(-c2ccc(N(c3ccc(-c4ccccc4)cc3)c3cccc4c3-c3ccccc3C43c4ccccc4CCc4ccccc43)cc2)cc1. The van der Waals surface area contributed by atoms with Crippen LogP contribution in [0.3, 0.4) is 0 Å². The van der Waals surface area contributed by atoms with E-state index in [2.05, 4.69) is 205 Å². The first-order chi connectivity index (χ1) is 25.8. The quantitative estimate of drug-likeness (QED) is 0.177. The summed E-state index contributed by atoms with van der Waals surface area (Å²) in [5.74, 6) is 0. The second kappa shape index (κ2) is 12.4. The van der Waals surface area contributed by atoms with Crippen LogP contribution in [-0.2, 0) is 18.3 Å². The van der Waals surface area contributed by atoms with Crippen molar-refractivity contribution in [1.29, 1.82) is 0 Å². The van der Waals surface area contributed by atoms with E-state index in [4.69, 9.17) is 0 Å². The van der Waals surface area contributed by atoms with Gasteiger partial charge in [-0.25, -0.2) is 0 Å². The Hall–Kier alpha value is -6.44. The minimum Gasteiger partial charge on any atom is -0.310 e. The number of hydrogen-bond acceptors (Lipinski definition) is 1. The normalized spacial score (nSPS) is 13.4. The molecular weight excluding hydrogens is 627 g/mol. The molecule has 0 N–H and O–H groups in total. The van der Waals surface area contributed by atoms with Gasteiger partial charge in [-0.2, -0.15) is 0 Å². The summed E-state index contributed by atoms with van der Waals surface area (Å²) in [4.78, 5) is 2.46. The second-order valence-electron chi connectivity index (χ2n) is 14.0. The zero-order chi connectivity index (χ0) is 34.5. The van der Waals surface area contributed by atoms with Gasteiger partial charge in [-0.1, -0.05) is 170 Å². The lowest BCUT2D eigenvalue weighted by Crippen LogP contribution is -2.30. The largest absolute Gasteiger partial charge is 0.310 e. The Kier molecular flexibility index (Phi) is 7.25. The van der Waals surface area contributed by atoms with Crippen molar-refractivity contribution in [3.8, 4) is 33.4 Å². The Morgan fingerprint density at radius 3 is 1.29 bits per heavy atom. The molecule has 1 spiro atoms. The van der Waals surface area contributed by atoms with Gasteiger partial charge in [0.25, 0.3) is 0 Å². The third-order valence-electron chi connectivity index (χ3n) is 11.3. The molecule has 0 heterocycles. The Balaban J connectivity index is 1.23. The molecule has 1 heteroatoms. The second-order valence-corrected chi connectivity index (χ2v) is 14.0. The first-order valence-corrected chi connectivity index (χ1v) is 18.3. The molecule has 0 amide bonds. The van der Waals surface area contributed by atoms with Gasteiger partial charge in [0.2, 0.25) is 0 Å². The maximum Gasteiger partial charge on any atom is 0.0719 e. The van der Waals surface area contributed by atoms with E-state index in [0.29, 0.717) is 0 Å². The van der Waals surface area contributed by atoms with Crippen LogP contribution in [0.2, 0.25) is 0 Å². The molecule has 246 valence electrons. The highest BCUT2D eigenvalue weighted by Crippen LogP contribution is 2.61. The van der Waals surface area contributed by atoms with E-state index in [0.717, 1.165) is 24.2 Å². The van der Waals surface area contributed by atoms with E-state index in [-0.39, 0.29) is 0 Å². The summed E-state index contributed by atoms with van der Waals surface area (Å²) in [6, 6.07) is 73.9. The van der Waals surface area contributed by atoms with E-state index in [1.54, 1.807) is 0 Å². The highest BCUT2D eigenvalue weighted by Gasteiger charge is 2.49. The lowest BCUT2D eigenvalue weighted by atomic mass is 9.66. The van der Waals surface area contributed by atoms with E-state index in [1.807, 2.05) is 0 Å². The Morgan fingerprint density at radius 2 is 0.750 bits per heavy atom. The van der Waals surface area contributed by atoms with Crippen molar-refractivity contribution < 1.29 is 0 Å². The Bertz CT molecular complexity index is 2420. The number of hydrogen-bond donors (Lipinski definition) is 0. The third-order valence-corrected chi connectivity index (χ3v) is 11.3. The van der Waals surface area contributed by atoms with E-state index in [9.17, 15) is 0 Å².